The number of phenols is 1. The van der Waals surface area contributed by atoms with Crippen molar-refractivity contribution >= 4 is 32.9 Å². The van der Waals surface area contributed by atoms with Crippen LogP contribution in [0.3, 0.4) is 0 Å². The molecular weight excluding hydrogens is 610 g/mol. The first-order chi connectivity index (χ1) is 21.4. The number of hydrogen-bond donors (Lipinski definition) is 1. The SMILES string of the molecule is C=CC(=O)N1CCN(c2nc(=O)n(-c3c(C)cccc3S(=O)(=O)OC)c3nc(-c4c(O)cccc4F)c(F)cc23)[C@@H](CC#N)C1. The Hall–Kier alpha value is -5.20. The molecule has 5 rings (SSSR count). The monoisotopic (exact) mass is 636 g/mol. The summed E-state index contributed by atoms with van der Waals surface area (Å²) in [5, 5.41) is 19.9. The fraction of sp³-hybridized carbons (Fsp3) is 0.233. The molecule has 1 saturated heterocycles. The summed E-state index contributed by atoms with van der Waals surface area (Å²) in [7, 11) is -3.47. The molecule has 1 fully saturated rings. The number of aromatic nitrogens is 3. The van der Waals surface area contributed by atoms with Gasteiger partial charge in [0.2, 0.25) is 5.91 Å². The number of pyridine rings is 1. The smallest absolute Gasteiger partial charge is 0.355 e. The lowest BCUT2D eigenvalue weighted by molar-refractivity contribution is -0.126. The average Bonchev–Trinajstić information content (AvgIpc) is 3.01. The van der Waals surface area contributed by atoms with E-state index in [2.05, 4.69) is 22.6 Å². The van der Waals surface area contributed by atoms with Gasteiger partial charge in [-0.05, 0) is 42.8 Å². The second-order valence-electron chi connectivity index (χ2n) is 10.1. The molecule has 1 aliphatic heterocycles. The molecule has 1 aliphatic rings. The molecule has 1 amide bonds. The van der Waals surface area contributed by atoms with E-state index < -0.39 is 55.4 Å². The van der Waals surface area contributed by atoms with Crippen LogP contribution in [0.5, 0.6) is 5.75 Å². The maximum absolute atomic E-state index is 15.9. The second-order valence-corrected chi connectivity index (χ2v) is 11.8. The van der Waals surface area contributed by atoms with Crippen molar-refractivity contribution in [3.63, 3.8) is 0 Å². The third-order valence-electron chi connectivity index (χ3n) is 7.51. The lowest BCUT2D eigenvalue weighted by Gasteiger charge is -2.41. The van der Waals surface area contributed by atoms with Gasteiger partial charge in [0.15, 0.2) is 11.5 Å². The van der Waals surface area contributed by atoms with E-state index in [1.165, 1.54) is 36.1 Å². The zero-order chi connectivity index (χ0) is 32.6. The van der Waals surface area contributed by atoms with Crippen LogP contribution in [0.25, 0.3) is 28.0 Å². The predicted molar refractivity (Wildman–Crippen MR) is 159 cm³/mol. The Labute approximate surface area is 256 Å². The van der Waals surface area contributed by atoms with Gasteiger partial charge in [-0.15, -0.1) is 0 Å². The Balaban J connectivity index is 1.88. The minimum absolute atomic E-state index is 0.0653. The summed E-state index contributed by atoms with van der Waals surface area (Å²) >= 11 is 0. The molecule has 2 aromatic carbocycles. The van der Waals surface area contributed by atoms with Gasteiger partial charge >= 0.3 is 5.69 Å². The van der Waals surface area contributed by atoms with Crippen molar-refractivity contribution in [2.45, 2.75) is 24.3 Å². The van der Waals surface area contributed by atoms with Crippen LogP contribution in [0.15, 0.2) is 64.8 Å². The number of halogens is 2. The van der Waals surface area contributed by atoms with Gasteiger partial charge in [-0.3, -0.25) is 8.98 Å². The zero-order valence-electron chi connectivity index (χ0n) is 24.1. The molecular formula is C30H26F2N6O6S. The molecule has 1 N–H and O–H groups in total. The molecule has 0 saturated carbocycles. The van der Waals surface area contributed by atoms with E-state index >= 15 is 4.39 Å². The first-order valence-electron chi connectivity index (χ1n) is 13.5. The van der Waals surface area contributed by atoms with Crippen LogP contribution < -0.4 is 10.6 Å². The maximum atomic E-state index is 15.9. The molecule has 12 nitrogen and oxygen atoms in total. The summed E-state index contributed by atoms with van der Waals surface area (Å²) in [6, 6.07) is 9.84. The summed E-state index contributed by atoms with van der Waals surface area (Å²) in [4.78, 5) is 37.5. The highest BCUT2D eigenvalue weighted by atomic mass is 32.2. The van der Waals surface area contributed by atoms with Gasteiger partial charge in [-0.2, -0.15) is 18.7 Å². The molecule has 232 valence electrons. The number of nitrogens with zero attached hydrogens (tertiary/aromatic N) is 6. The standard InChI is InChI=1S/C30H26F2N6O6S/c1-4-24(40)36-13-14-37(18(16-36)11-12-33)28-19-15-21(32)26(25-20(31)8-6-9-22(25)39)34-29(19)38(30(41)35-28)27-17(2)7-5-10-23(27)45(42,43)44-3/h4-10,15,18,39H,1,11,13-14,16H2,2-3H3/t18-/m0/s1. The Morgan fingerprint density at radius 2 is 1.93 bits per heavy atom. The Kier molecular flexibility index (Phi) is 8.37. The average molecular weight is 637 g/mol. The first-order valence-corrected chi connectivity index (χ1v) is 14.9. The maximum Gasteiger partial charge on any atom is 0.355 e. The number of hydrogen-bond acceptors (Lipinski definition) is 10. The van der Waals surface area contributed by atoms with Crippen LogP contribution in [0.1, 0.15) is 12.0 Å². The van der Waals surface area contributed by atoms with E-state index in [0.29, 0.717) is 0 Å². The summed E-state index contributed by atoms with van der Waals surface area (Å²) < 4.78 is 62.4. The number of aromatic hydroxyl groups is 1. The highest BCUT2D eigenvalue weighted by Crippen LogP contribution is 2.37. The summed E-state index contributed by atoms with van der Waals surface area (Å²) in [6.45, 7) is 5.33. The lowest BCUT2D eigenvalue weighted by Crippen LogP contribution is -2.55. The molecule has 15 heteroatoms. The van der Waals surface area contributed by atoms with Crippen molar-refractivity contribution in [1.82, 2.24) is 19.4 Å². The van der Waals surface area contributed by atoms with E-state index in [-0.39, 0.29) is 60.1 Å². The van der Waals surface area contributed by atoms with Crippen LogP contribution in [0.4, 0.5) is 14.6 Å². The molecule has 45 heavy (non-hydrogen) atoms. The van der Waals surface area contributed by atoms with Crippen LogP contribution in [0.2, 0.25) is 0 Å². The number of phenolic OH excluding ortho intramolecular Hbond substituents is 1. The van der Waals surface area contributed by atoms with Crippen molar-refractivity contribution in [2.24, 2.45) is 0 Å². The van der Waals surface area contributed by atoms with Gasteiger partial charge in [0.05, 0.1) is 42.3 Å². The minimum atomic E-state index is -4.41. The molecule has 0 spiro atoms. The van der Waals surface area contributed by atoms with Crippen molar-refractivity contribution < 1.29 is 31.3 Å². The number of carbonyl (C=O) groups is 1. The van der Waals surface area contributed by atoms with E-state index in [9.17, 15) is 32.8 Å². The van der Waals surface area contributed by atoms with E-state index in [0.717, 1.165) is 36.0 Å². The third kappa shape index (κ3) is 5.49. The molecule has 2 aromatic heterocycles. The molecule has 4 aromatic rings. The van der Waals surface area contributed by atoms with E-state index in [1.54, 1.807) is 4.90 Å². The topological polar surface area (TPSA) is 159 Å². The Bertz CT molecular complexity index is 2060. The van der Waals surface area contributed by atoms with Gasteiger partial charge in [0.25, 0.3) is 10.1 Å². The molecule has 3 heterocycles. The summed E-state index contributed by atoms with van der Waals surface area (Å²) in [5.74, 6) is -3.15. The summed E-state index contributed by atoms with van der Waals surface area (Å²) in [6.07, 6.45) is 1.04. The zero-order valence-corrected chi connectivity index (χ0v) is 24.9. The van der Waals surface area contributed by atoms with E-state index in [4.69, 9.17) is 4.18 Å². The number of carbonyl (C=O) groups excluding carboxylic acids is 1. The van der Waals surface area contributed by atoms with Crippen LogP contribution in [-0.4, -0.2) is 71.7 Å². The van der Waals surface area contributed by atoms with Gasteiger partial charge in [-0.1, -0.05) is 24.8 Å². The van der Waals surface area contributed by atoms with Crippen LogP contribution in [-0.2, 0) is 19.1 Å². The van der Waals surface area contributed by atoms with Crippen molar-refractivity contribution in [3.05, 3.63) is 82.8 Å². The summed E-state index contributed by atoms with van der Waals surface area (Å²) in [5.41, 5.74) is -2.47. The molecule has 0 bridgehead atoms. The normalized spacial score (nSPS) is 15.2. The Morgan fingerprint density at radius 3 is 2.60 bits per heavy atom. The number of benzene rings is 2. The molecule has 0 aliphatic carbocycles. The highest BCUT2D eigenvalue weighted by molar-refractivity contribution is 7.86. The predicted octanol–water partition coefficient (Wildman–Crippen LogP) is 3.19. The number of amides is 1. The van der Waals surface area contributed by atoms with Gasteiger partial charge in [0, 0.05) is 19.6 Å². The number of para-hydroxylation sites is 1. The van der Waals surface area contributed by atoms with Crippen molar-refractivity contribution in [1.29, 1.82) is 5.26 Å². The number of fused-ring (bicyclic) bond motifs is 1. The number of nitriles is 1. The second kappa shape index (κ2) is 12.1. The van der Waals surface area contributed by atoms with Gasteiger partial charge < -0.3 is 14.9 Å². The first kappa shape index (κ1) is 31.2. The number of piperazine rings is 1. The number of aryl methyl sites for hydroxylation is 1. The molecule has 0 unspecified atom stereocenters. The fourth-order valence-corrected chi connectivity index (χ4v) is 6.32. The minimum Gasteiger partial charge on any atom is -0.507 e. The number of rotatable bonds is 7. The van der Waals surface area contributed by atoms with E-state index in [1.807, 2.05) is 0 Å². The lowest BCUT2D eigenvalue weighted by atomic mass is 10.1. The molecule has 0 radical (unpaired) electrons. The highest BCUT2D eigenvalue weighted by Gasteiger charge is 2.33. The largest absolute Gasteiger partial charge is 0.507 e. The third-order valence-corrected chi connectivity index (χ3v) is 8.82. The van der Waals surface area contributed by atoms with Crippen molar-refractivity contribution in [2.75, 3.05) is 31.6 Å². The Morgan fingerprint density at radius 1 is 1.20 bits per heavy atom. The molecule has 1 atom stereocenters. The number of anilines is 1. The quantitative estimate of drug-likeness (QED) is 0.236. The van der Waals surface area contributed by atoms with Gasteiger partial charge in [-0.25, -0.2) is 23.1 Å². The van der Waals surface area contributed by atoms with Crippen LogP contribution in [0, 0.1) is 29.9 Å². The van der Waals surface area contributed by atoms with Crippen molar-refractivity contribution in [3.8, 4) is 28.8 Å². The fourth-order valence-electron chi connectivity index (χ4n) is 5.40. The van der Waals surface area contributed by atoms with Crippen LogP contribution >= 0.6 is 0 Å². The van der Waals surface area contributed by atoms with Gasteiger partial charge in [0.1, 0.15) is 28.0 Å².